The van der Waals surface area contributed by atoms with Gasteiger partial charge in [0.1, 0.15) is 0 Å². The highest BCUT2D eigenvalue weighted by molar-refractivity contribution is 4.60. The quantitative estimate of drug-likeness (QED) is 0.571. The summed E-state index contributed by atoms with van der Waals surface area (Å²) in [7, 11) is 0. The molecule has 74 valence electrons. The summed E-state index contributed by atoms with van der Waals surface area (Å²) in [5, 5.41) is 0. The molecule has 0 aromatic heterocycles. The van der Waals surface area contributed by atoms with Crippen LogP contribution in [-0.4, -0.2) is 13.2 Å². The Morgan fingerprint density at radius 2 is 1.75 bits per heavy atom. The summed E-state index contributed by atoms with van der Waals surface area (Å²) in [5.41, 5.74) is 0. The van der Waals surface area contributed by atoms with Crippen molar-refractivity contribution in [1.82, 2.24) is 0 Å². The maximum Gasteiger partial charge on any atom is 0.0494 e. The molecular weight excluding hydrogens is 148 g/mol. The highest BCUT2D eigenvalue weighted by Gasteiger charge is 2.10. The van der Waals surface area contributed by atoms with Gasteiger partial charge in [-0.2, -0.15) is 0 Å². The average Bonchev–Trinajstić information content (AvgIpc) is 2.10. The lowest BCUT2D eigenvalue weighted by atomic mass is 9.92. The molecule has 0 saturated heterocycles. The molecule has 0 bridgehead atoms. The highest BCUT2D eigenvalue weighted by Crippen LogP contribution is 2.17. The van der Waals surface area contributed by atoms with Crippen LogP contribution in [0.5, 0.6) is 0 Å². The molecule has 0 aromatic rings. The molecule has 0 amide bonds. The Hall–Kier alpha value is -0.0400. The molecule has 0 aliphatic carbocycles. The fourth-order valence-electron chi connectivity index (χ4n) is 1.28. The molecule has 0 aromatic carbocycles. The van der Waals surface area contributed by atoms with Crippen molar-refractivity contribution in [2.75, 3.05) is 13.2 Å². The van der Waals surface area contributed by atoms with Gasteiger partial charge in [-0.05, 0) is 18.8 Å². The molecule has 0 heterocycles. The number of hydrogen-bond donors (Lipinski definition) is 0. The van der Waals surface area contributed by atoms with E-state index in [9.17, 15) is 0 Å². The second kappa shape index (κ2) is 7.60. The van der Waals surface area contributed by atoms with Crippen molar-refractivity contribution in [2.24, 2.45) is 11.8 Å². The van der Waals surface area contributed by atoms with Gasteiger partial charge in [0, 0.05) is 13.2 Å². The summed E-state index contributed by atoms with van der Waals surface area (Å²) in [6.45, 7) is 10.7. The van der Waals surface area contributed by atoms with Crippen molar-refractivity contribution in [1.29, 1.82) is 0 Å². The summed E-state index contributed by atoms with van der Waals surface area (Å²) in [6, 6.07) is 0. The van der Waals surface area contributed by atoms with Crippen LogP contribution in [0.4, 0.5) is 0 Å². The van der Waals surface area contributed by atoms with Crippen LogP contribution in [0.3, 0.4) is 0 Å². The standard InChI is InChI=1S/C11H24O/c1-5-7-8-10(3)11(4)9-12-6-2/h10-11H,5-9H2,1-4H3. The van der Waals surface area contributed by atoms with Gasteiger partial charge in [-0.25, -0.2) is 0 Å². The lowest BCUT2D eigenvalue weighted by molar-refractivity contribution is 0.0942. The number of unbranched alkanes of at least 4 members (excludes halogenated alkanes) is 1. The molecular formula is C11H24O. The van der Waals surface area contributed by atoms with Crippen LogP contribution in [0.25, 0.3) is 0 Å². The van der Waals surface area contributed by atoms with Crippen molar-refractivity contribution in [3.63, 3.8) is 0 Å². The van der Waals surface area contributed by atoms with Gasteiger partial charge in [0.15, 0.2) is 0 Å². The van der Waals surface area contributed by atoms with Gasteiger partial charge in [-0.3, -0.25) is 0 Å². The molecule has 0 rings (SSSR count). The molecule has 12 heavy (non-hydrogen) atoms. The fraction of sp³-hybridized carbons (Fsp3) is 1.00. The summed E-state index contributed by atoms with van der Waals surface area (Å²) >= 11 is 0. The van der Waals surface area contributed by atoms with Crippen LogP contribution in [-0.2, 0) is 4.74 Å². The van der Waals surface area contributed by atoms with E-state index in [1.54, 1.807) is 0 Å². The molecule has 0 aliphatic rings. The Kier molecular flexibility index (Phi) is 7.58. The van der Waals surface area contributed by atoms with Gasteiger partial charge in [0.05, 0.1) is 0 Å². The summed E-state index contributed by atoms with van der Waals surface area (Å²) in [6.07, 6.45) is 4.02. The Morgan fingerprint density at radius 3 is 2.25 bits per heavy atom. The third-order valence-electron chi connectivity index (χ3n) is 2.57. The average molecular weight is 172 g/mol. The van der Waals surface area contributed by atoms with Gasteiger partial charge in [-0.15, -0.1) is 0 Å². The highest BCUT2D eigenvalue weighted by atomic mass is 16.5. The second-order valence-corrected chi connectivity index (χ2v) is 3.76. The fourth-order valence-corrected chi connectivity index (χ4v) is 1.28. The van der Waals surface area contributed by atoms with Crippen molar-refractivity contribution in [3.8, 4) is 0 Å². The third-order valence-corrected chi connectivity index (χ3v) is 2.57. The molecule has 2 unspecified atom stereocenters. The second-order valence-electron chi connectivity index (χ2n) is 3.76. The van der Waals surface area contributed by atoms with Gasteiger partial charge in [0.2, 0.25) is 0 Å². The van der Waals surface area contributed by atoms with E-state index < -0.39 is 0 Å². The lowest BCUT2D eigenvalue weighted by Crippen LogP contribution is -2.14. The van der Waals surface area contributed by atoms with E-state index in [0.717, 1.165) is 25.0 Å². The van der Waals surface area contributed by atoms with Crippen LogP contribution < -0.4 is 0 Å². The van der Waals surface area contributed by atoms with Crippen LogP contribution in [0.15, 0.2) is 0 Å². The first-order valence-corrected chi connectivity index (χ1v) is 5.30. The first kappa shape index (κ1) is 12.0. The van der Waals surface area contributed by atoms with E-state index in [2.05, 4.69) is 27.7 Å². The maximum absolute atomic E-state index is 5.40. The lowest BCUT2D eigenvalue weighted by Gasteiger charge is -2.19. The minimum Gasteiger partial charge on any atom is -0.381 e. The molecule has 0 aliphatic heterocycles. The predicted molar refractivity (Wildman–Crippen MR) is 54.3 cm³/mol. The van der Waals surface area contributed by atoms with Gasteiger partial charge in [-0.1, -0.05) is 40.0 Å². The zero-order valence-corrected chi connectivity index (χ0v) is 9.10. The zero-order chi connectivity index (χ0) is 9.40. The molecule has 1 heteroatoms. The number of ether oxygens (including phenoxy) is 1. The van der Waals surface area contributed by atoms with Gasteiger partial charge in [0.25, 0.3) is 0 Å². The molecule has 2 atom stereocenters. The molecule has 0 spiro atoms. The molecule has 0 saturated carbocycles. The first-order chi connectivity index (χ1) is 5.72. The monoisotopic (exact) mass is 172 g/mol. The Balaban J connectivity index is 3.39. The van der Waals surface area contributed by atoms with E-state index in [4.69, 9.17) is 4.74 Å². The number of rotatable bonds is 7. The summed E-state index contributed by atoms with van der Waals surface area (Å²) in [5.74, 6) is 1.54. The van der Waals surface area contributed by atoms with Crippen molar-refractivity contribution >= 4 is 0 Å². The molecule has 1 nitrogen and oxygen atoms in total. The van der Waals surface area contributed by atoms with E-state index >= 15 is 0 Å². The van der Waals surface area contributed by atoms with Gasteiger partial charge >= 0.3 is 0 Å². The minimum absolute atomic E-state index is 0.719. The van der Waals surface area contributed by atoms with Crippen molar-refractivity contribution in [2.45, 2.75) is 47.0 Å². The summed E-state index contributed by atoms with van der Waals surface area (Å²) in [4.78, 5) is 0. The van der Waals surface area contributed by atoms with E-state index in [0.29, 0.717) is 0 Å². The first-order valence-electron chi connectivity index (χ1n) is 5.30. The van der Waals surface area contributed by atoms with Crippen molar-refractivity contribution in [3.05, 3.63) is 0 Å². The third kappa shape index (κ3) is 5.59. The maximum atomic E-state index is 5.40. The molecule has 0 fully saturated rings. The summed E-state index contributed by atoms with van der Waals surface area (Å²) < 4.78 is 5.40. The van der Waals surface area contributed by atoms with Crippen molar-refractivity contribution < 1.29 is 4.74 Å². The Bertz CT molecular complexity index is 79.0. The van der Waals surface area contributed by atoms with Gasteiger partial charge < -0.3 is 4.74 Å². The minimum atomic E-state index is 0.719. The smallest absolute Gasteiger partial charge is 0.0494 e. The SMILES string of the molecule is CCCCC(C)C(C)COCC. The van der Waals surface area contributed by atoms with E-state index in [-0.39, 0.29) is 0 Å². The molecule has 0 radical (unpaired) electrons. The predicted octanol–water partition coefficient (Wildman–Crippen LogP) is 3.49. The van der Waals surface area contributed by atoms with E-state index in [1.807, 2.05) is 0 Å². The largest absolute Gasteiger partial charge is 0.381 e. The Morgan fingerprint density at radius 1 is 1.08 bits per heavy atom. The normalized spacial score (nSPS) is 16.0. The topological polar surface area (TPSA) is 9.23 Å². The molecule has 0 N–H and O–H groups in total. The van der Waals surface area contributed by atoms with Crippen LogP contribution in [0.2, 0.25) is 0 Å². The number of hydrogen-bond acceptors (Lipinski definition) is 1. The van der Waals surface area contributed by atoms with Crippen LogP contribution in [0, 0.1) is 11.8 Å². The van der Waals surface area contributed by atoms with Crippen LogP contribution in [0.1, 0.15) is 47.0 Å². The Labute approximate surface area is 77.5 Å². The zero-order valence-electron chi connectivity index (χ0n) is 9.10. The van der Waals surface area contributed by atoms with E-state index in [1.165, 1.54) is 19.3 Å². The van der Waals surface area contributed by atoms with Crippen LogP contribution >= 0.6 is 0 Å².